The first-order valence-electron chi connectivity index (χ1n) is 6.03. The molecule has 1 unspecified atom stereocenters. The van der Waals surface area contributed by atoms with Crippen molar-refractivity contribution in [3.05, 3.63) is 16.7 Å². The molecule has 0 amide bonds. The van der Waals surface area contributed by atoms with Gasteiger partial charge in [0.05, 0.1) is 0 Å². The van der Waals surface area contributed by atoms with Crippen molar-refractivity contribution in [1.29, 1.82) is 0 Å². The molecule has 1 heterocycles. The molecule has 19 heavy (non-hydrogen) atoms. The van der Waals surface area contributed by atoms with Crippen molar-refractivity contribution >= 4 is 31.8 Å². The number of nitrogens with zero attached hydrogens (tertiary/aromatic N) is 2. The maximum atomic E-state index is 12.6. The minimum Gasteiger partial charge on any atom is -0.372 e. The Labute approximate surface area is 123 Å². The van der Waals surface area contributed by atoms with E-state index in [2.05, 4.69) is 26.2 Å². The van der Waals surface area contributed by atoms with Gasteiger partial charge in [-0.3, -0.25) is 0 Å². The average Bonchev–Trinajstić information content (AvgIpc) is 2.36. The van der Waals surface area contributed by atoms with Crippen molar-refractivity contribution < 1.29 is 8.42 Å². The Hall–Kier alpha value is -0.660. The standard InChI is InChI=1S/C12H20BrN3O2S/c1-8(2)9(3)16(5)19(17,18)11-6-10(13)7-15-12(11)14-4/h6-9H,1-5H3,(H,14,15). The number of rotatable bonds is 5. The smallest absolute Gasteiger partial charge is 0.246 e. The van der Waals surface area contributed by atoms with E-state index in [4.69, 9.17) is 0 Å². The van der Waals surface area contributed by atoms with Crippen molar-refractivity contribution in [3.63, 3.8) is 0 Å². The Morgan fingerprint density at radius 3 is 2.42 bits per heavy atom. The van der Waals surface area contributed by atoms with Crippen LogP contribution in [0, 0.1) is 5.92 Å². The van der Waals surface area contributed by atoms with Gasteiger partial charge in [0.15, 0.2) is 0 Å². The molecule has 0 saturated carbocycles. The van der Waals surface area contributed by atoms with E-state index in [1.165, 1.54) is 4.31 Å². The monoisotopic (exact) mass is 349 g/mol. The lowest BCUT2D eigenvalue weighted by atomic mass is 10.1. The second-order valence-corrected chi connectivity index (χ2v) is 7.64. The van der Waals surface area contributed by atoms with Gasteiger partial charge in [0, 0.05) is 30.8 Å². The van der Waals surface area contributed by atoms with E-state index in [0.29, 0.717) is 10.3 Å². The molecule has 1 atom stereocenters. The second kappa shape index (κ2) is 6.19. The molecule has 7 heteroatoms. The average molecular weight is 350 g/mol. The maximum Gasteiger partial charge on any atom is 0.246 e. The lowest BCUT2D eigenvalue weighted by Gasteiger charge is -2.27. The van der Waals surface area contributed by atoms with Crippen molar-refractivity contribution in [3.8, 4) is 0 Å². The topological polar surface area (TPSA) is 62.3 Å². The first kappa shape index (κ1) is 16.4. The molecule has 1 N–H and O–H groups in total. The van der Waals surface area contributed by atoms with Crippen LogP contribution in [0.4, 0.5) is 5.82 Å². The van der Waals surface area contributed by atoms with Gasteiger partial charge in [-0.1, -0.05) is 13.8 Å². The van der Waals surface area contributed by atoms with E-state index in [-0.39, 0.29) is 16.9 Å². The summed E-state index contributed by atoms with van der Waals surface area (Å²) in [7, 11) is -0.319. The van der Waals surface area contributed by atoms with Gasteiger partial charge in [0.25, 0.3) is 0 Å². The van der Waals surface area contributed by atoms with Gasteiger partial charge >= 0.3 is 0 Å². The van der Waals surface area contributed by atoms with Crippen LogP contribution in [0.1, 0.15) is 20.8 Å². The highest BCUT2D eigenvalue weighted by Gasteiger charge is 2.29. The van der Waals surface area contributed by atoms with E-state index in [1.807, 2.05) is 20.8 Å². The number of aromatic nitrogens is 1. The fraction of sp³-hybridized carbons (Fsp3) is 0.583. The summed E-state index contributed by atoms with van der Waals surface area (Å²) in [5.41, 5.74) is 0. The molecule has 0 saturated heterocycles. The minimum atomic E-state index is -3.57. The van der Waals surface area contributed by atoms with Crippen LogP contribution >= 0.6 is 15.9 Å². The lowest BCUT2D eigenvalue weighted by Crippen LogP contribution is -2.38. The zero-order valence-corrected chi connectivity index (χ0v) is 14.2. The second-order valence-electron chi connectivity index (χ2n) is 4.76. The summed E-state index contributed by atoms with van der Waals surface area (Å²) in [6.45, 7) is 5.89. The van der Waals surface area contributed by atoms with Crippen LogP contribution in [0.2, 0.25) is 0 Å². The van der Waals surface area contributed by atoms with Gasteiger partial charge in [0.1, 0.15) is 10.7 Å². The third-order valence-electron chi connectivity index (χ3n) is 3.25. The highest BCUT2D eigenvalue weighted by Crippen LogP contribution is 2.27. The zero-order chi connectivity index (χ0) is 14.8. The number of halogens is 1. The molecule has 0 aliphatic heterocycles. The van der Waals surface area contributed by atoms with Crippen molar-refractivity contribution in [2.75, 3.05) is 19.4 Å². The summed E-state index contributed by atoms with van der Waals surface area (Å²) in [6.07, 6.45) is 1.57. The van der Waals surface area contributed by atoms with Gasteiger partial charge < -0.3 is 5.32 Å². The van der Waals surface area contributed by atoms with Gasteiger partial charge in [-0.15, -0.1) is 0 Å². The zero-order valence-electron chi connectivity index (χ0n) is 11.8. The largest absolute Gasteiger partial charge is 0.372 e. The molecule has 0 bridgehead atoms. The quantitative estimate of drug-likeness (QED) is 0.887. The molecule has 0 aliphatic carbocycles. The van der Waals surface area contributed by atoms with E-state index in [9.17, 15) is 8.42 Å². The number of hydrogen-bond donors (Lipinski definition) is 1. The van der Waals surface area contributed by atoms with E-state index in [0.717, 1.165) is 0 Å². The number of sulfonamides is 1. The van der Waals surface area contributed by atoms with E-state index < -0.39 is 10.0 Å². The van der Waals surface area contributed by atoms with Crippen LogP contribution in [-0.4, -0.2) is 37.8 Å². The van der Waals surface area contributed by atoms with Crippen LogP contribution in [0.25, 0.3) is 0 Å². The number of pyridine rings is 1. The highest BCUT2D eigenvalue weighted by molar-refractivity contribution is 9.10. The van der Waals surface area contributed by atoms with Crippen LogP contribution in [-0.2, 0) is 10.0 Å². The number of anilines is 1. The maximum absolute atomic E-state index is 12.6. The molecule has 0 aliphatic rings. The van der Waals surface area contributed by atoms with Crippen LogP contribution in [0.15, 0.2) is 21.6 Å². The third kappa shape index (κ3) is 3.46. The normalized spacial score (nSPS) is 13.9. The van der Waals surface area contributed by atoms with Crippen LogP contribution < -0.4 is 5.32 Å². The van der Waals surface area contributed by atoms with Gasteiger partial charge in [-0.25, -0.2) is 13.4 Å². The molecule has 0 fully saturated rings. The Balaban J connectivity index is 3.31. The van der Waals surface area contributed by atoms with Gasteiger partial charge in [0.2, 0.25) is 10.0 Å². The van der Waals surface area contributed by atoms with E-state index in [1.54, 1.807) is 26.4 Å². The third-order valence-corrected chi connectivity index (χ3v) is 5.64. The molecule has 1 aromatic rings. The molecule has 1 aromatic heterocycles. The van der Waals surface area contributed by atoms with Gasteiger partial charge in [-0.05, 0) is 34.8 Å². The highest BCUT2D eigenvalue weighted by atomic mass is 79.9. The summed E-state index contributed by atoms with van der Waals surface area (Å²) in [6, 6.07) is 1.48. The molecule has 0 radical (unpaired) electrons. The lowest BCUT2D eigenvalue weighted by molar-refractivity contribution is 0.316. The molecule has 108 valence electrons. The number of hydrogen-bond acceptors (Lipinski definition) is 4. The van der Waals surface area contributed by atoms with Crippen LogP contribution in [0.5, 0.6) is 0 Å². The summed E-state index contributed by atoms with van der Waals surface area (Å²) >= 11 is 3.26. The fourth-order valence-corrected chi connectivity index (χ4v) is 3.75. The Kier molecular flexibility index (Phi) is 5.34. The Morgan fingerprint density at radius 1 is 1.37 bits per heavy atom. The van der Waals surface area contributed by atoms with Crippen molar-refractivity contribution in [1.82, 2.24) is 9.29 Å². The first-order valence-corrected chi connectivity index (χ1v) is 8.26. The van der Waals surface area contributed by atoms with Crippen LogP contribution in [0.3, 0.4) is 0 Å². The molecule has 0 spiro atoms. The van der Waals surface area contributed by atoms with Crippen molar-refractivity contribution in [2.45, 2.75) is 31.7 Å². The summed E-state index contributed by atoms with van der Waals surface area (Å²) in [4.78, 5) is 4.27. The fourth-order valence-electron chi connectivity index (χ4n) is 1.60. The molecule has 0 aromatic carbocycles. The molecular formula is C12H20BrN3O2S. The number of nitrogens with one attached hydrogen (secondary N) is 1. The SMILES string of the molecule is CNc1ncc(Br)cc1S(=O)(=O)N(C)C(C)C(C)C. The minimum absolute atomic E-state index is 0.0892. The predicted molar refractivity (Wildman–Crippen MR) is 80.7 cm³/mol. The van der Waals surface area contributed by atoms with E-state index >= 15 is 0 Å². The Bertz CT molecular complexity index is 546. The Morgan fingerprint density at radius 2 is 1.95 bits per heavy atom. The van der Waals surface area contributed by atoms with Crippen molar-refractivity contribution in [2.24, 2.45) is 5.92 Å². The summed E-state index contributed by atoms with van der Waals surface area (Å²) < 4.78 is 27.3. The molecule has 1 rings (SSSR count). The summed E-state index contributed by atoms with van der Waals surface area (Å²) in [5.74, 6) is 0.587. The first-order chi connectivity index (χ1) is 8.71. The molecular weight excluding hydrogens is 330 g/mol. The predicted octanol–water partition coefficient (Wildman–Crippen LogP) is 2.55. The summed E-state index contributed by atoms with van der Waals surface area (Å²) in [5, 5.41) is 2.81. The van der Waals surface area contributed by atoms with Gasteiger partial charge in [-0.2, -0.15) is 4.31 Å². The molecule has 5 nitrogen and oxygen atoms in total.